The molecule has 6 nitrogen and oxygen atoms in total. The van der Waals surface area contributed by atoms with Crippen molar-refractivity contribution in [2.75, 3.05) is 6.61 Å². The third-order valence-electron chi connectivity index (χ3n) is 2.40. The largest absolute Gasteiger partial charge is 0.462 e. The molecule has 1 aromatic carbocycles. The van der Waals surface area contributed by atoms with Crippen LogP contribution < -0.4 is 5.73 Å². The number of esters is 1. The normalized spacial score (nSPS) is 12.2. The van der Waals surface area contributed by atoms with Crippen LogP contribution in [0.1, 0.15) is 18.5 Å². The number of nitrogens with zero attached hydrogens (tertiary/aromatic N) is 1. The monoisotopic (exact) mass is 310 g/mol. The molecule has 1 rings (SSSR count). The number of nitro benzene ring substituents is 1. The van der Waals surface area contributed by atoms with Crippen LogP contribution in [0.4, 0.5) is 14.5 Å². The minimum absolute atomic E-state index is 0. The zero-order valence-electron chi connectivity index (χ0n) is 10.4. The van der Waals surface area contributed by atoms with Crippen molar-refractivity contribution in [3.63, 3.8) is 0 Å². The van der Waals surface area contributed by atoms with Crippen molar-refractivity contribution in [1.82, 2.24) is 0 Å². The summed E-state index contributed by atoms with van der Waals surface area (Å²) in [5.41, 5.74) is 4.96. The summed E-state index contributed by atoms with van der Waals surface area (Å²) in [6, 6.07) is 2.31. The number of non-ortho nitro benzene ring substituents is 1. The maximum atomic E-state index is 13.6. The van der Waals surface area contributed by atoms with Crippen molar-refractivity contribution < 1.29 is 23.2 Å². The second kappa shape index (κ2) is 7.11. The van der Waals surface area contributed by atoms with E-state index in [0.29, 0.717) is 0 Å². The number of hydrogen-bond donors (Lipinski definition) is 1. The summed E-state index contributed by atoms with van der Waals surface area (Å²) in [7, 11) is 0. The highest BCUT2D eigenvalue weighted by molar-refractivity contribution is 5.85. The molecule has 9 heteroatoms. The number of hydrogen-bond acceptors (Lipinski definition) is 5. The highest BCUT2D eigenvalue weighted by Gasteiger charge is 2.47. The van der Waals surface area contributed by atoms with Gasteiger partial charge in [0, 0.05) is 12.1 Å². The van der Waals surface area contributed by atoms with Gasteiger partial charge >= 0.3 is 11.9 Å². The van der Waals surface area contributed by atoms with Crippen LogP contribution in [-0.2, 0) is 9.53 Å². The molecule has 0 aliphatic rings. The molecule has 0 fully saturated rings. The molecule has 0 aromatic heterocycles. The number of benzene rings is 1. The third kappa shape index (κ3) is 3.84. The van der Waals surface area contributed by atoms with Crippen molar-refractivity contribution >= 4 is 24.1 Å². The van der Waals surface area contributed by atoms with E-state index in [1.54, 1.807) is 0 Å². The topological polar surface area (TPSA) is 95.5 Å². The summed E-state index contributed by atoms with van der Waals surface area (Å²) < 4.78 is 31.5. The van der Waals surface area contributed by atoms with E-state index >= 15 is 0 Å². The Kier molecular flexibility index (Phi) is 6.47. The van der Waals surface area contributed by atoms with Crippen molar-refractivity contribution in [2.45, 2.75) is 18.9 Å². The molecule has 0 saturated carbocycles. The Labute approximate surface area is 119 Å². The summed E-state index contributed by atoms with van der Waals surface area (Å²) >= 11 is 0. The Bertz CT molecular complexity index is 482. The van der Waals surface area contributed by atoms with E-state index in [1.807, 2.05) is 0 Å². The fourth-order valence-corrected chi connectivity index (χ4v) is 1.37. The van der Waals surface area contributed by atoms with Gasteiger partial charge in [0.15, 0.2) is 0 Å². The molecule has 0 saturated heterocycles. The van der Waals surface area contributed by atoms with Gasteiger partial charge in [-0.15, -0.1) is 12.4 Å². The van der Waals surface area contributed by atoms with Crippen molar-refractivity contribution in [3.05, 3.63) is 39.9 Å². The van der Waals surface area contributed by atoms with Crippen LogP contribution in [0.5, 0.6) is 0 Å². The molecule has 1 aromatic rings. The standard InChI is InChI=1S/C11H12F2N2O4.ClH/c1-2-19-10(16)11(12,13)9(14)7-3-5-8(6-4-7)15(17)18;/h3-6,9H,2,14H2,1H3;1H/t9-;/m0./s1. The van der Waals surface area contributed by atoms with Gasteiger partial charge < -0.3 is 10.5 Å². The van der Waals surface area contributed by atoms with Crippen LogP contribution in [0.3, 0.4) is 0 Å². The summed E-state index contributed by atoms with van der Waals surface area (Å²) in [6.07, 6.45) is 0. The first kappa shape index (κ1) is 18.2. The Morgan fingerprint density at radius 1 is 1.45 bits per heavy atom. The minimum Gasteiger partial charge on any atom is -0.462 e. The van der Waals surface area contributed by atoms with Gasteiger partial charge in [-0.05, 0) is 12.5 Å². The summed E-state index contributed by atoms with van der Waals surface area (Å²) in [5.74, 6) is -5.62. The van der Waals surface area contributed by atoms with Crippen LogP contribution in [0.2, 0.25) is 0 Å². The van der Waals surface area contributed by atoms with E-state index in [1.165, 1.54) is 6.92 Å². The van der Waals surface area contributed by atoms with E-state index < -0.39 is 22.9 Å². The Hall–Kier alpha value is -1.80. The molecule has 112 valence electrons. The number of alkyl halides is 2. The Morgan fingerprint density at radius 2 is 1.95 bits per heavy atom. The van der Waals surface area contributed by atoms with Gasteiger partial charge in [-0.25, -0.2) is 4.79 Å². The molecule has 0 aliphatic heterocycles. The Morgan fingerprint density at radius 3 is 2.35 bits per heavy atom. The molecule has 0 aliphatic carbocycles. The maximum Gasteiger partial charge on any atom is 0.379 e. The van der Waals surface area contributed by atoms with Gasteiger partial charge in [0.1, 0.15) is 6.04 Å². The lowest BCUT2D eigenvalue weighted by Gasteiger charge is -2.21. The van der Waals surface area contributed by atoms with E-state index in [9.17, 15) is 23.7 Å². The Balaban J connectivity index is 0.00000361. The van der Waals surface area contributed by atoms with Crippen LogP contribution in [0.25, 0.3) is 0 Å². The smallest absolute Gasteiger partial charge is 0.379 e. The molecule has 0 unspecified atom stereocenters. The molecule has 0 radical (unpaired) electrons. The van der Waals surface area contributed by atoms with Gasteiger partial charge in [0.05, 0.1) is 11.5 Å². The first-order valence-corrected chi connectivity index (χ1v) is 5.35. The summed E-state index contributed by atoms with van der Waals surface area (Å²) in [4.78, 5) is 20.9. The highest BCUT2D eigenvalue weighted by Crippen LogP contribution is 2.31. The summed E-state index contributed by atoms with van der Waals surface area (Å²) in [5, 5.41) is 10.4. The molecule has 0 bridgehead atoms. The van der Waals surface area contributed by atoms with Gasteiger partial charge in [-0.3, -0.25) is 10.1 Å². The SMILES string of the molecule is CCOC(=O)C(F)(F)[C@@H](N)c1ccc([N+](=O)[O-])cc1.Cl. The zero-order valence-corrected chi connectivity index (χ0v) is 11.2. The summed E-state index contributed by atoms with van der Waals surface area (Å²) in [6.45, 7) is 1.20. The quantitative estimate of drug-likeness (QED) is 0.511. The van der Waals surface area contributed by atoms with Crippen LogP contribution >= 0.6 is 12.4 Å². The molecular weight excluding hydrogens is 298 g/mol. The number of rotatable bonds is 5. The predicted molar refractivity (Wildman–Crippen MR) is 68.9 cm³/mol. The van der Waals surface area contributed by atoms with Crippen LogP contribution in [-0.4, -0.2) is 23.4 Å². The van der Waals surface area contributed by atoms with Crippen molar-refractivity contribution in [3.8, 4) is 0 Å². The fourth-order valence-electron chi connectivity index (χ4n) is 1.37. The van der Waals surface area contributed by atoms with Gasteiger partial charge in [0.25, 0.3) is 5.69 Å². The first-order chi connectivity index (χ1) is 8.80. The van der Waals surface area contributed by atoms with E-state index in [4.69, 9.17) is 5.73 Å². The van der Waals surface area contributed by atoms with Gasteiger partial charge in [0.2, 0.25) is 0 Å². The number of carbonyl (C=O) groups excluding carboxylic acids is 1. The van der Waals surface area contributed by atoms with Crippen molar-refractivity contribution in [2.24, 2.45) is 5.73 Å². The van der Waals surface area contributed by atoms with Gasteiger partial charge in [-0.1, -0.05) is 12.1 Å². The van der Waals surface area contributed by atoms with Gasteiger partial charge in [-0.2, -0.15) is 8.78 Å². The molecule has 0 amide bonds. The van der Waals surface area contributed by atoms with Crippen LogP contribution in [0.15, 0.2) is 24.3 Å². The second-order valence-electron chi connectivity index (χ2n) is 3.67. The van der Waals surface area contributed by atoms with E-state index in [2.05, 4.69) is 4.74 Å². The fraction of sp³-hybridized carbons (Fsp3) is 0.364. The zero-order chi connectivity index (χ0) is 14.6. The predicted octanol–water partition coefficient (Wildman–Crippen LogP) is 2.21. The van der Waals surface area contributed by atoms with Crippen molar-refractivity contribution in [1.29, 1.82) is 0 Å². The average Bonchev–Trinajstić information content (AvgIpc) is 2.38. The number of nitrogens with two attached hydrogens (primary N) is 1. The number of ether oxygens (including phenoxy) is 1. The molecule has 2 N–H and O–H groups in total. The second-order valence-corrected chi connectivity index (χ2v) is 3.67. The average molecular weight is 311 g/mol. The number of carbonyl (C=O) groups is 1. The number of halogens is 3. The molecule has 0 spiro atoms. The molecule has 20 heavy (non-hydrogen) atoms. The van der Waals surface area contributed by atoms with E-state index in [-0.39, 0.29) is 30.3 Å². The van der Waals surface area contributed by atoms with E-state index in [0.717, 1.165) is 24.3 Å². The molecule has 1 atom stereocenters. The lowest BCUT2D eigenvalue weighted by atomic mass is 10.0. The molecule has 0 heterocycles. The highest BCUT2D eigenvalue weighted by atomic mass is 35.5. The molecular formula is C11H13ClF2N2O4. The first-order valence-electron chi connectivity index (χ1n) is 5.35. The lowest BCUT2D eigenvalue weighted by Crippen LogP contribution is -2.41. The maximum absolute atomic E-state index is 13.6. The number of nitro groups is 1. The third-order valence-corrected chi connectivity index (χ3v) is 2.40. The lowest BCUT2D eigenvalue weighted by molar-refractivity contribution is -0.384. The minimum atomic E-state index is -3.90. The van der Waals surface area contributed by atoms with Crippen LogP contribution in [0, 0.1) is 10.1 Å².